The van der Waals surface area contributed by atoms with Gasteiger partial charge in [0.25, 0.3) is 0 Å². The molecule has 20 atom stereocenters. The largest absolute Gasteiger partial charge is 0.459 e. The van der Waals surface area contributed by atoms with Crippen LogP contribution in [0.1, 0.15) is 129 Å². The number of aliphatic hydroxyl groups excluding tert-OH is 2. The number of methoxy groups -OCH3 is 1. The van der Waals surface area contributed by atoms with Crippen LogP contribution >= 0.6 is 0 Å². The van der Waals surface area contributed by atoms with Gasteiger partial charge in [0, 0.05) is 110 Å². The third kappa shape index (κ3) is 17.6. The monoisotopic (exact) mass is 1410 g/mol. The maximum Gasteiger partial charge on any atom is 0.414 e. The fourth-order valence-electron chi connectivity index (χ4n) is 12.8. The van der Waals surface area contributed by atoms with Crippen LogP contribution < -0.4 is 25.8 Å². The first-order valence-corrected chi connectivity index (χ1v) is 29.8. The van der Waals surface area contributed by atoms with Gasteiger partial charge in [0.05, 0.1) is 66.5 Å². The fourth-order valence-corrected chi connectivity index (χ4v) is 12.8. The molecule has 475 valence electrons. The van der Waals surface area contributed by atoms with Gasteiger partial charge in [-0.2, -0.15) is 0 Å². The number of anilines is 2. The number of piperazine rings is 1. The number of alkyl carbamates (subject to hydrolysis) is 1. The molecule has 5 amide bonds. The minimum atomic E-state index is -1.84. The number of aliphatic hydroxyl groups is 4. The number of nitrogens with zero attached hydrogens (tertiary/aromatic N) is 3. The molecule has 5 heterocycles. The number of urea groups is 1. The summed E-state index contributed by atoms with van der Waals surface area (Å²) in [6, 6.07) is 4.26. The molecule has 1 aromatic rings. The smallest absolute Gasteiger partial charge is 0.414 e. The Kier molecular flexibility index (Phi) is 26.2. The van der Waals surface area contributed by atoms with Crippen LogP contribution in [0.4, 0.5) is 30.1 Å². The van der Waals surface area contributed by atoms with Gasteiger partial charge in [-0.15, -0.1) is 0 Å². The number of carbonyl (C=O) groups is 5. The predicted octanol–water partition coefficient (Wildman–Crippen LogP) is 5.20. The van der Waals surface area contributed by atoms with E-state index >= 15 is 4.39 Å². The van der Waals surface area contributed by atoms with Crippen molar-refractivity contribution in [1.29, 1.82) is 0 Å². The molecule has 6 rings (SSSR count). The first-order valence-electron chi connectivity index (χ1n) is 29.8. The normalized spacial score (nSPS) is 38.1. The van der Waals surface area contributed by atoms with E-state index in [4.69, 9.17) is 37.9 Å². The van der Waals surface area contributed by atoms with Gasteiger partial charge >= 0.3 is 24.2 Å². The van der Waals surface area contributed by atoms with Crippen LogP contribution in [0.5, 0.6) is 0 Å². The van der Waals surface area contributed by atoms with Crippen molar-refractivity contribution in [1.82, 2.24) is 20.9 Å². The molecule has 0 aromatic heterocycles. The second-order valence-electron chi connectivity index (χ2n) is 24.9. The van der Waals surface area contributed by atoms with E-state index in [0.29, 0.717) is 63.4 Å². The quantitative estimate of drug-likeness (QED) is 0.0636. The Morgan fingerprint density at radius 3 is 2.10 bits per heavy atom. The Bertz CT molecular complexity index is 2350. The number of ether oxygens (including phenoxy) is 8. The maximum atomic E-state index is 15.4. The van der Waals surface area contributed by atoms with Crippen LogP contribution in [0.15, 0.2) is 18.2 Å². The average molecular weight is 1410 g/mol. The summed E-state index contributed by atoms with van der Waals surface area (Å²) in [6.07, 6.45) is -9.78. The molecule has 7 N–H and O–H groups in total. The van der Waals surface area contributed by atoms with Crippen LogP contribution in [0.25, 0.3) is 0 Å². The molecule has 0 bridgehead atoms. The number of hydrogen-bond acceptors (Lipinski definition) is 18. The van der Waals surface area contributed by atoms with E-state index in [1.54, 1.807) is 58.6 Å². The topological polar surface area (TPSA) is 286 Å². The molecule has 0 spiro atoms. The third-order valence-electron chi connectivity index (χ3n) is 18.3. The van der Waals surface area contributed by atoms with Crippen molar-refractivity contribution in [3.63, 3.8) is 0 Å². The summed E-state index contributed by atoms with van der Waals surface area (Å²) in [6.45, 7) is 25.0. The van der Waals surface area contributed by atoms with Crippen molar-refractivity contribution in [3.05, 3.63) is 24.0 Å². The van der Waals surface area contributed by atoms with Crippen molar-refractivity contribution in [2.24, 2.45) is 35.5 Å². The second-order valence-corrected chi connectivity index (χ2v) is 24.9. The molecule has 0 aliphatic carbocycles. The number of esters is 1. The number of amides is 5. The van der Waals surface area contributed by atoms with Gasteiger partial charge in [0.2, 0.25) is 5.91 Å². The van der Waals surface area contributed by atoms with E-state index in [2.05, 4.69) is 16.0 Å². The van der Waals surface area contributed by atoms with Gasteiger partial charge in [-0.25, -0.2) is 18.8 Å². The van der Waals surface area contributed by atoms with Gasteiger partial charge in [-0.05, 0) is 116 Å². The molecule has 5 fully saturated rings. The molecular weight excluding hydrogens is 1310 g/mol. The minimum absolute atomic E-state index is 0. The molecular formula is C59H97AcFN6O17. The standard InChI is InChI=1S/C59H97FN6O17.Ac/c1-15-45-59(13,75)49(69)36(6)35(5)33(3)28-57(11,74)50(82-53-47(68)32(2)26-34(4)77-53)37(7)48(38(8)52(70)80-45)81-46-29-58(12,76-14)51(39(9)78-46)83-55(72)62-21-17-16-20-61-54(71)65-24-22-64(23-25-65)44-19-18-41(27-43(44)60)66-31-42(79-56(66)73)30-63-40(10)67;/h18-19,27,32-39,42,45-51,53,68-69,74-75H,15-17,20-26,28-31H2,1-14H3,(H,61,71)(H,62,72)(H,63,67);/t32?,33-,34?,35+,36+,37?,38-,39?,42+,45-,46?,47?,48+,49-,50-,51?,53?,57-,58?,59-;/m1./s1. The zero-order valence-electron chi connectivity index (χ0n) is 51.8. The van der Waals surface area contributed by atoms with E-state index in [1.807, 2.05) is 39.5 Å². The molecule has 1 radical (unpaired) electrons. The molecule has 5 aliphatic rings. The van der Waals surface area contributed by atoms with Crippen LogP contribution in [-0.4, -0.2) is 199 Å². The average Bonchev–Trinajstić information content (AvgIpc) is 2.12. The van der Waals surface area contributed by atoms with E-state index in [0.717, 1.165) is 0 Å². The molecule has 1 aromatic carbocycles. The molecule has 84 heavy (non-hydrogen) atoms. The Hall–Kier alpha value is -3.22. The van der Waals surface area contributed by atoms with Crippen molar-refractivity contribution < 1.29 is 131 Å². The number of unbranched alkanes of at least 4 members (excludes halogenated alkanes) is 1. The van der Waals surface area contributed by atoms with Gasteiger partial charge in [-0.1, -0.05) is 41.5 Å². The van der Waals surface area contributed by atoms with Gasteiger partial charge in [0.15, 0.2) is 18.7 Å². The van der Waals surface area contributed by atoms with Crippen LogP contribution in [0.3, 0.4) is 0 Å². The Labute approximate surface area is 531 Å². The zero-order chi connectivity index (χ0) is 61.5. The maximum absolute atomic E-state index is 15.4. The van der Waals surface area contributed by atoms with Crippen molar-refractivity contribution in [2.75, 3.05) is 69.3 Å². The summed E-state index contributed by atoms with van der Waals surface area (Å²) in [4.78, 5) is 69.5. The second kappa shape index (κ2) is 30.8. The molecule has 5 saturated heterocycles. The number of rotatable bonds is 16. The molecule has 23 nitrogen and oxygen atoms in total. The van der Waals surface area contributed by atoms with Gasteiger partial charge in [-0.3, -0.25) is 14.5 Å². The van der Waals surface area contributed by atoms with Crippen LogP contribution in [-0.2, 0) is 47.5 Å². The number of carbonyl (C=O) groups excluding carboxylic acids is 5. The fraction of sp³-hybridized carbons (Fsp3) is 0.814. The molecule has 5 aliphatic heterocycles. The molecule has 0 saturated carbocycles. The Morgan fingerprint density at radius 2 is 1.48 bits per heavy atom. The van der Waals surface area contributed by atoms with E-state index in [-0.39, 0.29) is 119 Å². The van der Waals surface area contributed by atoms with Crippen LogP contribution in [0, 0.1) is 85.4 Å². The Morgan fingerprint density at radius 1 is 0.821 bits per heavy atom. The van der Waals surface area contributed by atoms with Crippen molar-refractivity contribution in [3.8, 4) is 0 Å². The van der Waals surface area contributed by atoms with E-state index in [9.17, 15) is 44.4 Å². The number of halogens is 1. The Balaban J connectivity index is 0.0000129. The number of cyclic esters (lactones) is 2. The number of hydrogen-bond donors (Lipinski definition) is 7. The van der Waals surface area contributed by atoms with Gasteiger partial charge in [0.1, 0.15) is 35.3 Å². The molecule has 9 unspecified atom stereocenters. The zero-order valence-corrected chi connectivity index (χ0v) is 56.6. The summed E-state index contributed by atoms with van der Waals surface area (Å²) in [5.41, 5.74) is -3.99. The summed E-state index contributed by atoms with van der Waals surface area (Å²) in [5, 5.41) is 56.1. The third-order valence-corrected chi connectivity index (χ3v) is 18.3. The van der Waals surface area contributed by atoms with Crippen molar-refractivity contribution in [2.45, 2.75) is 213 Å². The SMILES string of the molecule is CC[C@H]1OC(=O)[C@H](C)[C@@H](OC2CC(C)(OC)C(OC(=O)NCCCCNC(=O)N3CCN(c4ccc(N5C[C@H](CNC(C)=O)OC5=O)cc4F)CC3)C(C)O2)C(C)[C@@H](OC2OC(C)CC(C)C2O)[C@](C)(O)C[C@@H](C)[C@H](C)[C@H](C)[C@@H](O)[C@]1(C)O.[Ac]. The summed E-state index contributed by atoms with van der Waals surface area (Å²) in [7, 11) is 1.48. The number of benzene rings is 1. The van der Waals surface area contributed by atoms with E-state index in [1.165, 1.54) is 31.9 Å². The van der Waals surface area contributed by atoms with Crippen LogP contribution in [0.2, 0.25) is 0 Å². The van der Waals surface area contributed by atoms with E-state index < -0.39 is 120 Å². The predicted molar refractivity (Wildman–Crippen MR) is 303 cm³/mol. The van der Waals surface area contributed by atoms with Gasteiger partial charge < -0.3 is 84.1 Å². The summed E-state index contributed by atoms with van der Waals surface area (Å²) < 4.78 is 65.2. The summed E-state index contributed by atoms with van der Waals surface area (Å²) in [5.74, 6) is -4.58. The molecule has 25 heteroatoms. The first-order chi connectivity index (χ1) is 38.9. The first kappa shape index (κ1) is 71.5. The number of nitrogens with one attached hydrogen (secondary N) is 3. The minimum Gasteiger partial charge on any atom is -0.459 e. The summed E-state index contributed by atoms with van der Waals surface area (Å²) >= 11 is 0. The van der Waals surface area contributed by atoms with Crippen molar-refractivity contribution >= 4 is 41.5 Å².